The van der Waals surface area contributed by atoms with Gasteiger partial charge in [-0.2, -0.15) is 0 Å². The van der Waals surface area contributed by atoms with Gasteiger partial charge in [0.1, 0.15) is 5.69 Å². The SMILES string of the molecule is CCN(C(=O)c1cc(N2CCc3ccccc32)ccn1)c1cccc(C)c1. The number of hydrogen-bond donors (Lipinski definition) is 0. The average molecular weight is 357 g/mol. The zero-order valence-electron chi connectivity index (χ0n) is 15.7. The van der Waals surface area contributed by atoms with Crippen LogP contribution in [0.15, 0.2) is 66.9 Å². The number of nitrogens with zero attached hydrogens (tertiary/aromatic N) is 3. The summed E-state index contributed by atoms with van der Waals surface area (Å²) in [6.07, 6.45) is 2.75. The Morgan fingerprint density at radius 2 is 1.96 bits per heavy atom. The molecular formula is C23H23N3O. The molecule has 1 aliphatic heterocycles. The van der Waals surface area contributed by atoms with E-state index in [1.807, 2.05) is 50.2 Å². The van der Waals surface area contributed by atoms with Crippen molar-refractivity contribution in [2.45, 2.75) is 20.3 Å². The largest absolute Gasteiger partial charge is 0.341 e. The van der Waals surface area contributed by atoms with Gasteiger partial charge in [0.15, 0.2) is 0 Å². The maximum absolute atomic E-state index is 13.1. The van der Waals surface area contributed by atoms with Crippen molar-refractivity contribution in [1.29, 1.82) is 0 Å². The molecule has 0 fully saturated rings. The van der Waals surface area contributed by atoms with Crippen LogP contribution in [0.2, 0.25) is 0 Å². The molecule has 0 spiro atoms. The number of anilines is 3. The number of aryl methyl sites for hydroxylation is 1. The first-order chi connectivity index (χ1) is 13.2. The fraction of sp³-hybridized carbons (Fsp3) is 0.217. The van der Waals surface area contributed by atoms with E-state index in [0.29, 0.717) is 12.2 Å². The highest BCUT2D eigenvalue weighted by molar-refractivity contribution is 6.05. The third-order valence-corrected chi connectivity index (χ3v) is 5.04. The van der Waals surface area contributed by atoms with Gasteiger partial charge in [-0.25, -0.2) is 0 Å². The second-order valence-corrected chi connectivity index (χ2v) is 6.82. The predicted molar refractivity (Wildman–Crippen MR) is 110 cm³/mol. The molecule has 1 amide bonds. The van der Waals surface area contributed by atoms with E-state index in [9.17, 15) is 4.79 Å². The van der Waals surface area contributed by atoms with E-state index < -0.39 is 0 Å². The van der Waals surface area contributed by atoms with Crippen molar-refractivity contribution < 1.29 is 4.79 Å². The second kappa shape index (κ2) is 7.23. The van der Waals surface area contributed by atoms with Crippen molar-refractivity contribution in [2.24, 2.45) is 0 Å². The summed E-state index contributed by atoms with van der Waals surface area (Å²) < 4.78 is 0. The minimum atomic E-state index is -0.0718. The topological polar surface area (TPSA) is 36.4 Å². The lowest BCUT2D eigenvalue weighted by molar-refractivity contribution is 0.0983. The van der Waals surface area contributed by atoms with Gasteiger partial charge < -0.3 is 9.80 Å². The van der Waals surface area contributed by atoms with Crippen LogP contribution in [0.3, 0.4) is 0 Å². The molecule has 0 bridgehead atoms. The van der Waals surface area contributed by atoms with Crippen molar-refractivity contribution in [1.82, 2.24) is 4.98 Å². The van der Waals surface area contributed by atoms with Gasteiger partial charge in [-0.05, 0) is 61.7 Å². The summed E-state index contributed by atoms with van der Waals surface area (Å²) in [5.41, 5.74) is 6.08. The molecule has 4 rings (SSSR count). The van der Waals surface area contributed by atoms with Gasteiger partial charge in [-0.15, -0.1) is 0 Å². The molecule has 0 N–H and O–H groups in total. The summed E-state index contributed by atoms with van der Waals surface area (Å²) >= 11 is 0. The molecule has 0 radical (unpaired) electrons. The van der Waals surface area contributed by atoms with Crippen LogP contribution < -0.4 is 9.80 Å². The predicted octanol–water partition coefficient (Wildman–Crippen LogP) is 4.75. The van der Waals surface area contributed by atoms with E-state index in [-0.39, 0.29) is 5.91 Å². The van der Waals surface area contributed by atoms with Crippen LogP contribution in [0.5, 0.6) is 0 Å². The molecule has 2 aromatic carbocycles. The van der Waals surface area contributed by atoms with E-state index >= 15 is 0 Å². The van der Waals surface area contributed by atoms with Crippen molar-refractivity contribution in [3.05, 3.63) is 83.7 Å². The van der Waals surface area contributed by atoms with Crippen LogP contribution in [-0.4, -0.2) is 24.0 Å². The van der Waals surface area contributed by atoms with Gasteiger partial charge in [-0.3, -0.25) is 9.78 Å². The maximum atomic E-state index is 13.1. The van der Waals surface area contributed by atoms with Gasteiger partial charge in [0, 0.05) is 36.3 Å². The Balaban J connectivity index is 1.65. The van der Waals surface area contributed by atoms with E-state index in [0.717, 1.165) is 29.9 Å². The lowest BCUT2D eigenvalue weighted by atomic mass is 10.1. The molecule has 2 heterocycles. The molecular weight excluding hydrogens is 334 g/mol. The van der Waals surface area contributed by atoms with Crippen LogP contribution in [0, 0.1) is 6.92 Å². The molecule has 1 aliphatic rings. The summed E-state index contributed by atoms with van der Waals surface area (Å²) in [4.78, 5) is 21.5. The number of rotatable bonds is 4. The Hall–Kier alpha value is -3.14. The number of hydrogen-bond acceptors (Lipinski definition) is 3. The van der Waals surface area contributed by atoms with E-state index in [1.54, 1.807) is 11.1 Å². The first kappa shape index (κ1) is 17.3. The summed E-state index contributed by atoms with van der Waals surface area (Å²) in [5.74, 6) is -0.0718. The number of amides is 1. The standard InChI is InChI=1S/C23H23N3O/c1-3-25(19-9-6-7-17(2)15-19)23(27)21-16-20(11-13-24-21)26-14-12-18-8-4-5-10-22(18)26/h4-11,13,15-16H,3,12,14H2,1-2H3. The Labute approximate surface area is 160 Å². The fourth-order valence-electron chi connectivity index (χ4n) is 3.69. The number of para-hydroxylation sites is 1. The minimum absolute atomic E-state index is 0.0718. The highest BCUT2D eigenvalue weighted by atomic mass is 16.2. The number of carbonyl (C=O) groups is 1. The normalized spacial score (nSPS) is 12.7. The average Bonchev–Trinajstić information content (AvgIpc) is 3.13. The number of fused-ring (bicyclic) bond motifs is 1. The Morgan fingerprint density at radius 1 is 1.11 bits per heavy atom. The number of benzene rings is 2. The molecule has 136 valence electrons. The Morgan fingerprint density at radius 3 is 2.78 bits per heavy atom. The summed E-state index contributed by atoms with van der Waals surface area (Å²) in [5, 5.41) is 0. The molecule has 4 heteroatoms. The second-order valence-electron chi connectivity index (χ2n) is 6.82. The zero-order valence-corrected chi connectivity index (χ0v) is 15.7. The highest BCUT2D eigenvalue weighted by Crippen LogP contribution is 2.34. The maximum Gasteiger partial charge on any atom is 0.276 e. The van der Waals surface area contributed by atoms with E-state index in [1.165, 1.54) is 11.3 Å². The summed E-state index contributed by atoms with van der Waals surface area (Å²) in [6.45, 7) is 5.54. The van der Waals surface area contributed by atoms with Crippen LogP contribution >= 0.6 is 0 Å². The van der Waals surface area contributed by atoms with Crippen molar-refractivity contribution in [2.75, 3.05) is 22.9 Å². The number of pyridine rings is 1. The Kier molecular flexibility index (Phi) is 4.63. The lowest BCUT2D eigenvalue weighted by Crippen LogP contribution is -2.31. The van der Waals surface area contributed by atoms with E-state index in [4.69, 9.17) is 0 Å². The van der Waals surface area contributed by atoms with Gasteiger partial charge in [-0.1, -0.05) is 30.3 Å². The smallest absolute Gasteiger partial charge is 0.276 e. The Bertz CT molecular complexity index is 983. The van der Waals surface area contributed by atoms with E-state index in [2.05, 4.69) is 34.1 Å². The molecule has 0 unspecified atom stereocenters. The monoisotopic (exact) mass is 357 g/mol. The van der Waals surface area contributed by atoms with Crippen molar-refractivity contribution in [3.8, 4) is 0 Å². The molecule has 0 saturated heterocycles. The third-order valence-electron chi connectivity index (χ3n) is 5.04. The third kappa shape index (κ3) is 3.31. The first-order valence-corrected chi connectivity index (χ1v) is 9.37. The zero-order chi connectivity index (χ0) is 18.8. The van der Waals surface area contributed by atoms with Crippen molar-refractivity contribution in [3.63, 3.8) is 0 Å². The minimum Gasteiger partial charge on any atom is -0.341 e. The molecule has 0 aliphatic carbocycles. The van der Waals surface area contributed by atoms with Gasteiger partial charge in [0.25, 0.3) is 5.91 Å². The van der Waals surface area contributed by atoms with Gasteiger partial charge >= 0.3 is 0 Å². The van der Waals surface area contributed by atoms with Crippen LogP contribution in [-0.2, 0) is 6.42 Å². The molecule has 27 heavy (non-hydrogen) atoms. The summed E-state index contributed by atoms with van der Waals surface area (Å²) in [7, 11) is 0. The molecule has 0 atom stereocenters. The van der Waals surface area contributed by atoms with Gasteiger partial charge in [0.2, 0.25) is 0 Å². The molecule has 3 aromatic rings. The quantitative estimate of drug-likeness (QED) is 0.676. The first-order valence-electron chi connectivity index (χ1n) is 9.37. The summed E-state index contributed by atoms with van der Waals surface area (Å²) in [6, 6.07) is 20.3. The van der Waals surface area contributed by atoms with Gasteiger partial charge in [0.05, 0.1) is 0 Å². The lowest BCUT2D eigenvalue weighted by Gasteiger charge is -2.23. The van der Waals surface area contributed by atoms with Crippen LogP contribution in [0.1, 0.15) is 28.5 Å². The molecule has 4 nitrogen and oxygen atoms in total. The van der Waals surface area contributed by atoms with Crippen LogP contribution in [0.4, 0.5) is 17.1 Å². The fourth-order valence-corrected chi connectivity index (χ4v) is 3.69. The van der Waals surface area contributed by atoms with Crippen LogP contribution in [0.25, 0.3) is 0 Å². The number of aromatic nitrogens is 1. The molecule has 1 aromatic heterocycles. The van der Waals surface area contributed by atoms with Crippen molar-refractivity contribution >= 4 is 23.0 Å². The molecule has 0 saturated carbocycles. The number of carbonyl (C=O) groups excluding carboxylic acids is 1. The highest BCUT2D eigenvalue weighted by Gasteiger charge is 2.22.